The molecule has 5 nitrogen and oxygen atoms in total. The van der Waals surface area contributed by atoms with E-state index in [1.54, 1.807) is 56.5 Å². The highest BCUT2D eigenvalue weighted by atomic mass is 16.5. The summed E-state index contributed by atoms with van der Waals surface area (Å²) in [5.74, 6) is 0.0772. The Balaban J connectivity index is 2.03. The lowest BCUT2D eigenvalue weighted by Gasteiger charge is -2.09. The van der Waals surface area contributed by atoms with E-state index in [1.807, 2.05) is 13.0 Å². The topological polar surface area (TPSA) is 64.6 Å². The van der Waals surface area contributed by atoms with E-state index in [0.717, 1.165) is 11.1 Å². The van der Waals surface area contributed by atoms with Crippen molar-refractivity contribution in [1.82, 2.24) is 0 Å². The summed E-state index contributed by atoms with van der Waals surface area (Å²) >= 11 is 0. The number of carbonyl (C=O) groups excluding carboxylic acids is 2. The van der Waals surface area contributed by atoms with Crippen LogP contribution in [0.4, 0.5) is 5.69 Å². The van der Waals surface area contributed by atoms with Gasteiger partial charge in [-0.1, -0.05) is 18.2 Å². The summed E-state index contributed by atoms with van der Waals surface area (Å²) in [5, 5.41) is 2.83. The number of nitrogens with one attached hydrogen (secondary N) is 1. The zero-order valence-corrected chi connectivity index (χ0v) is 14.5. The Bertz CT molecular complexity index is 779. The normalized spacial score (nSPS) is 10.5. The molecule has 2 aromatic rings. The number of esters is 1. The molecule has 0 atom stereocenters. The number of ether oxygens (including phenoxy) is 2. The smallest absolute Gasteiger partial charge is 0.330 e. The van der Waals surface area contributed by atoms with Crippen molar-refractivity contribution in [1.29, 1.82) is 0 Å². The highest BCUT2D eigenvalue weighted by Gasteiger charge is 2.09. The van der Waals surface area contributed by atoms with Crippen molar-refractivity contribution in [3.63, 3.8) is 0 Å². The third-order valence-corrected chi connectivity index (χ3v) is 3.54. The molecule has 0 aromatic heterocycles. The summed E-state index contributed by atoms with van der Waals surface area (Å²) in [6.07, 6.45) is 3.03. The monoisotopic (exact) mass is 339 g/mol. The van der Waals surface area contributed by atoms with Crippen LogP contribution in [0.2, 0.25) is 0 Å². The van der Waals surface area contributed by atoms with E-state index < -0.39 is 0 Å². The van der Waals surface area contributed by atoms with Crippen LogP contribution in [-0.4, -0.2) is 25.6 Å². The first-order valence-electron chi connectivity index (χ1n) is 7.94. The average Bonchev–Trinajstić information content (AvgIpc) is 2.61. The molecule has 0 fully saturated rings. The molecule has 130 valence electrons. The van der Waals surface area contributed by atoms with Crippen LogP contribution in [0.5, 0.6) is 5.75 Å². The van der Waals surface area contributed by atoms with Gasteiger partial charge in [0, 0.05) is 17.3 Å². The van der Waals surface area contributed by atoms with Gasteiger partial charge in [-0.2, -0.15) is 0 Å². The van der Waals surface area contributed by atoms with E-state index in [1.165, 1.54) is 6.08 Å². The van der Waals surface area contributed by atoms with Gasteiger partial charge in [0.05, 0.1) is 13.7 Å². The van der Waals surface area contributed by atoms with Gasteiger partial charge >= 0.3 is 5.97 Å². The lowest BCUT2D eigenvalue weighted by atomic mass is 10.1. The molecular weight excluding hydrogens is 318 g/mol. The minimum Gasteiger partial charge on any atom is -0.496 e. The molecule has 2 aromatic carbocycles. The van der Waals surface area contributed by atoms with E-state index in [0.29, 0.717) is 23.6 Å². The molecule has 0 bridgehead atoms. The Labute approximate surface area is 147 Å². The van der Waals surface area contributed by atoms with Gasteiger partial charge in [0.1, 0.15) is 5.75 Å². The lowest BCUT2D eigenvalue weighted by molar-refractivity contribution is -0.137. The molecule has 0 saturated carbocycles. The number of methoxy groups -OCH3 is 1. The minimum absolute atomic E-state index is 0.215. The standard InChI is InChI=1S/C20H21NO4/c1-4-25-19(22)12-8-15-6-10-17(11-7-15)21-20(23)16-9-5-14(2)18(13-16)24-3/h5-13H,4H2,1-3H3,(H,21,23)/b12-8+. The number of amides is 1. The first kappa shape index (κ1) is 18.3. The van der Waals surface area contributed by atoms with Gasteiger partial charge in [-0.3, -0.25) is 4.79 Å². The lowest BCUT2D eigenvalue weighted by Crippen LogP contribution is -2.12. The molecule has 1 amide bonds. The van der Waals surface area contributed by atoms with E-state index in [9.17, 15) is 9.59 Å². The summed E-state index contributed by atoms with van der Waals surface area (Å²) in [7, 11) is 1.58. The summed E-state index contributed by atoms with van der Waals surface area (Å²) in [5.41, 5.74) is 2.99. The van der Waals surface area contributed by atoms with Crippen molar-refractivity contribution in [2.75, 3.05) is 19.0 Å². The second-order valence-electron chi connectivity index (χ2n) is 5.35. The van der Waals surface area contributed by atoms with Crippen molar-refractivity contribution < 1.29 is 19.1 Å². The second kappa shape index (κ2) is 8.68. The van der Waals surface area contributed by atoms with Crippen molar-refractivity contribution in [2.24, 2.45) is 0 Å². The van der Waals surface area contributed by atoms with E-state index >= 15 is 0 Å². The SMILES string of the molecule is CCOC(=O)/C=C/c1ccc(NC(=O)c2ccc(C)c(OC)c2)cc1. The number of anilines is 1. The first-order chi connectivity index (χ1) is 12.0. The molecule has 0 unspecified atom stereocenters. The molecule has 0 radical (unpaired) electrons. The molecule has 0 aliphatic heterocycles. The van der Waals surface area contributed by atoms with Gasteiger partial charge in [-0.15, -0.1) is 0 Å². The van der Waals surface area contributed by atoms with Crippen LogP contribution in [0.3, 0.4) is 0 Å². The summed E-state index contributed by atoms with van der Waals surface area (Å²) < 4.78 is 10.1. The third kappa shape index (κ3) is 5.21. The molecule has 0 spiro atoms. The van der Waals surface area contributed by atoms with Gasteiger partial charge in [0.25, 0.3) is 5.91 Å². The Morgan fingerprint density at radius 3 is 2.48 bits per heavy atom. The van der Waals surface area contributed by atoms with Crippen LogP contribution >= 0.6 is 0 Å². The Morgan fingerprint density at radius 2 is 1.84 bits per heavy atom. The van der Waals surface area contributed by atoms with E-state index in [4.69, 9.17) is 9.47 Å². The van der Waals surface area contributed by atoms with Crippen molar-refractivity contribution >= 4 is 23.6 Å². The number of benzene rings is 2. The third-order valence-electron chi connectivity index (χ3n) is 3.54. The predicted octanol–water partition coefficient (Wildman–Crippen LogP) is 3.83. The first-order valence-corrected chi connectivity index (χ1v) is 7.94. The van der Waals surface area contributed by atoms with E-state index in [2.05, 4.69) is 5.32 Å². The van der Waals surface area contributed by atoms with Crippen LogP contribution in [-0.2, 0) is 9.53 Å². The van der Waals surface area contributed by atoms with Gasteiger partial charge in [0.15, 0.2) is 0 Å². The summed E-state index contributed by atoms with van der Waals surface area (Å²) in [4.78, 5) is 23.6. The fraction of sp³-hybridized carbons (Fsp3) is 0.200. The second-order valence-corrected chi connectivity index (χ2v) is 5.35. The zero-order chi connectivity index (χ0) is 18.2. The Morgan fingerprint density at radius 1 is 1.12 bits per heavy atom. The largest absolute Gasteiger partial charge is 0.496 e. The molecule has 0 heterocycles. The van der Waals surface area contributed by atoms with Crippen LogP contribution in [0.1, 0.15) is 28.4 Å². The molecule has 5 heteroatoms. The predicted molar refractivity (Wildman–Crippen MR) is 97.8 cm³/mol. The molecule has 0 aliphatic carbocycles. The average molecular weight is 339 g/mol. The fourth-order valence-corrected chi connectivity index (χ4v) is 2.20. The molecule has 25 heavy (non-hydrogen) atoms. The number of hydrogen-bond acceptors (Lipinski definition) is 4. The molecule has 0 aliphatic rings. The quantitative estimate of drug-likeness (QED) is 0.642. The summed E-state index contributed by atoms with van der Waals surface area (Å²) in [6, 6.07) is 12.5. The number of hydrogen-bond donors (Lipinski definition) is 1. The minimum atomic E-state index is -0.381. The van der Waals surface area contributed by atoms with Crippen molar-refractivity contribution in [3.8, 4) is 5.75 Å². The van der Waals surface area contributed by atoms with Gasteiger partial charge in [0.2, 0.25) is 0 Å². The highest BCUT2D eigenvalue weighted by Crippen LogP contribution is 2.20. The van der Waals surface area contributed by atoms with Crippen LogP contribution in [0.15, 0.2) is 48.5 Å². The molecular formula is C20H21NO4. The highest BCUT2D eigenvalue weighted by molar-refractivity contribution is 6.04. The van der Waals surface area contributed by atoms with Gasteiger partial charge < -0.3 is 14.8 Å². The maximum atomic E-state index is 12.3. The Kier molecular flexibility index (Phi) is 6.34. The summed E-state index contributed by atoms with van der Waals surface area (Å²) in [6.45, 7) is 4.02. The van der Waals surface area contributed by atoms with Crippen molar-refractivity contribution in [3.05, 3.63) is 65.2 Å². The maximum Gasteiger partial charge on any atom is 0.330 e. The Hall–Kier alpha value is -3.08. The maximum absolute atomic E-state index is 12.3. The van der Waals surface area contributed by atoms with Crippen LogP contribution < -0.4 is 10.1 Å². The number of aryl methyl sites for hydroxylation is 1. The van der Waals surface area contributed by atoms with Gasteiger partial charge in [-0.05, 0) is 55.3 Å². The molecule has 0 saturated heterocycles. The van der Waals surface area contributed by atoms with Crippen LogP contribution in [0.25, 0.3) is 6.08 Å². The fourth-order valence-electron chi connectivity index (χ4n) is 2.20. The zero-order valence-electron chi connectivity index (χ0n) is 14.5. The molecule has 1 N–H and O–H groups in total. The van der Waals surface area contributed by atoms with E-state index in [-0.39, 0.29) is 11.9 Å². The van der Waals surface area contributed by atoms with Gasteiger partial charge in [-0.25, -0.2) is 4.79 Å². The number of rotatable bonds is 6. The molecule has 2 rings (SSSR count). The van der Waals surface area contributed by atoms with Crippen molar-refractivity contribution in [2.45, 2.75) is 13.8 Å². The number of carbonyl (C=O) groups is 2. The van der Waals surface area contributed by atoms with Crippen LogP contribution in [0, 0.1) is 6.92 Å².